The van der Waals surface area contributed by atoms with Gasteiger partial charge in [0.05, 0.1) is 13.2 Å². The van der Waals surface area contributed by atoms with Crippen LogP contribution in [0.1, 0.15) is 29.7 Å². The van der Waals surface area contributed by atoms with Crippen LogP contribution in [0.4, 0.5) is 8.78 Å². The maximum absolute atomic E-state index is 14.3. The molecule has 0 amide bonds. The van der Waals surface area contributed by atoms with Crippen molar-refractivity contribution in [1.29, 1.82) is 0 Å². The molecule has 0 spiro atoms. The molecular weight excluding hydrogens is 272 g/mol. The van der Waals surface area contributed by atoms with Crippen molar-refractivity contribution in [2.45, 2.75) is 19.9 Å². The van der Waals surface area contributed by atoms with Crippen molar-refractivity contribution in [3.8, 4) is 5.75 Å². The zero-order chi connectivity index (χ0) is 15.4. The monoisotopic (exact) mass is 291 g/mol. The first kappa shape index (κ1) is 15.4. The van der Waals surface area contributed by atoms with Gasteiger partial charge < -0.3 is 10.1 Å². The minimum Gasteiger partial charge on any atom is -0.497 e. The molecule has 2 rings (SSSR count). The van der Waals surface area contributed by atoms with Gasteiger partial charge in [-0.25, -0.2) is 8.78 Å². The summed E-state index contributed by atoms with van der Waals surface area (Å²) >= 11 is 0. The van der Waals surface area contributed by atoms with Crippen LogP contribution < -0.4 is 10.1 Å². The molecule has 0 saturated carbocycles. The van der Waals surface area contributed by atoms with E-state index >= 15 is 0 Å². The number of rotatable bonds is 5. The Labute approximate surface area is 123 Å². The molecule has 0 heterocycles. The minimum absolute atomic E-state index is 0.0153. The Morgan fingerprint density at radius 1 is 1.10 bits per heavy atom. The summed E-state index contributed by atoms with van der Waals surface area (Å²) in [6.07, 6.45) is 0. The Morgan fingerprint density at radius 2 is 1.67 bits per heavy atom. The van der Waals surface area contributed by atoms with E-state index in [1.807, 2.05) is 38.1 Å². The van der Waals surface area contributed by atoms with Crippen molar-refractivity contribution in [3.05, 3.63) is 64.7 Å². The van der Waals surface area contributed by atoms with Crippen LogP contribution >= 0.6 is 0 Å². The van der Waals surface area contributed by atoms with Gasteiger partial charge in [0.1, 0.15) is 17.4 Å². The maximum Gasteiger partial charge on any atom is 0.134 e. The molecule has 1 N–H and O–H groups in total. The number of ether oxygens (including phenoxy) is 1. The summed E-state index contributed by atoms with van der Waals surface area (Å²) in [5, 5.41) is 3.13. The van der Waals surface area contributed by atoms with Crippen molar-refractivity contribution in [3.63, 3.8) is 0 Å². The van der Waals surface area contributed by atoms with E-state index in [0.29, 0.717) is 6.54 Å². The smallest absolute Gasteiger partial charge is 0.134 e. The van der Waals surface area contributed by atoms with Crippen LogP contribution in [0.5, 0.6) is 5.75 Å². The van der Waals surface area contributed by atoms with Gasteiger partial charge in [-0.05, 0) is 19.0 Å². The predicted octanol–water partition coefficient (Wildman–Crippen LogP) is 3.98. The van der Waals surface area contributed by atoms with Crippen molar-refractivity contribution < 1.29 is 13.5 Å². The standard InChI is InChI=1S/C17H19F2NO/c1-4-20-17(12-7-5-11(2)6-8-12)16-14(18)9-13(21-3)10-15(16)19/h5-10,17,20H,4H2,1-3H3. The molecular formula is C17H19F2NO. The normalized spacial score (nSPS) is 12.2. The number of halogens is 2. The van der Waals surface area contributed by atoms with E-state index < -0.39 is 17.7 Å². The summed E-state index contributed by atoms with van der Waals surface area (Å²) in [7, 11) is 1.38. The minimum atomic E-state index is -0.613. The summed E-state index contributed by atoms with van der Waals surface area (Å²) in [6.45, 7) is 4.48. The van der Waals surface area contributed by atoms with Gasteiger partial charge in [0.15, 0.2) is 0 Å². The third kappa shape index (κ3) is 3.39. The Morgan fingerprint density at radius 3 is 2.14 bits per heavy atom. The molecule has 0 radical (unpaired) electrons. The fourth-order valence-electron chi connectivity index (χ4n) is 2.30. The second kappa shape index (κ2) is 6.68. The van der Waals surface area contributed by atoms with Crippen LogP contribution in [0.3, 0.4) is 0 Å². The van der Waals surface area contributed by atoms with E-state index in [4.69, 9.17) is 4.74 Å². The van der Waals surface area contributed by atoms with Crippen LogP contribution in [-0.2, 0) is 0 Å². The zero-order valence-corrected chi connectivity index (χ0v) is 12.4. The topological polar surface area (TPSA) is 21.3 Å². The van der Waals surface area contributed by atoms with Crippen LogP contribution in [-0.4, -0.2) is 13.7 Å². The van der Waals surface area contributed by atoms with E-state index in [1.54, 1.807) is 0 Å². The zero-order valence-electron chi connectivity index (χ0n) is 12.4. The van der Waals surface area contributed by atoms with Crippen molar-refractivity contribution in [2.75, 3.05) is 13.7 Å². The van der Waals surface area contributed by atoms with E-state index in [2.05, 4.69) is 5.32 Å². The first-order valence-corrected chi connectivity index (χ1v) is 6.89. The number of benzene rings is 2. The van der Waals surface area contributed by atoms with Gasteiger partial charge in [-0.15, -0.1) is 0 Å². The summed E-state index contributed by atoms with van der Waals surface area (Å²) in [4.78, 5) is 0. The van der Waals surface area contributed by atoms with Gasteiger partial charge in [0.2, 0.25) is 0 Å². The SMILES string of the molecule is CCNC(c1ccc(C)cc1)c1c(F)cc(OC)cc1F. The summed E-state index contributed by atoms with van der Waals surface area (Å²) in [6, 6.07) is 9.50. The summed E-state index contributed by atoms with van der Waals surface area (Å²) < 4.78 is 33.4. The Bertz CT molecular complexity index is 588. The number of hydrogen-bond donors (Lipinski definition) is 1. The molecule has 0 aliphatic rings. The fraction of sp³-hybridized carbons (Fsp3) is 0.294. The third-order valence-corrected chi connectivity index (χ3v) is 3.40. The molecule has 0 aromatic heterocycles. The van der Waals surface area contributed by atoms with E-state index in [-0.39, 0.29) is 11.3 Å². The Hall–Kier alpha value is -1.94. The molecule has 2 aromatic rings. The van der Waals surface area contributed by atoms with Gasteiger partial charge >= 0.3 is 0 Å². The van der Waals surface area contributed by atoms with Crippen LogP contribution in [0.2, 0.25) is 0 Å². The lowest BCUT2D eigenvalue weighted by molar-refractivity contribution is 0.403. The second-order valence-electron chi connectivity index (χ2n) is 4.91. The molecule has 4 heteroatoms. The van der Waals surface area contributed by atoms with Crippen molar-refractivity contribution in [2.24, 2.45) is 0 Å². The number of nitrogens with one attached hydrogen (secondary N) is 1. The molecule has 0 saturated heterocycles. The largest absolute Gasteiger partial charge is 0.497 e. The number of methoxy groups -OCH3 is 1. The average Bonchev–Trinajstić information content (AvgIpc) is 2.46. The van der Waals surface area contributed by atoms with Gasteiger partial charge in [0.25, 0.3) is 0 Å². The van der Waals surface area contributed by atoms with Crippen LogP contribution in [0.15, 0.2) is 36.4 Å². The molecule has 0 fully saturated rings. The highest BCUT2D eigenvalue weighted by Gasteiger charge is 2.22. The first-order chi connectivity index (χ1) is 10.1. The van der Waals surface area contributed by atoms with E-state index in [9.17, 15) is 8.78 Å². The molecule has 2 nitrogen and oxygen atoms in total. The molecule has 1 unspecified atom stereocenters. The molecule has 0 aliphatic heterocycles. The maximum atomic E-state index is 14.3. The van der Waals surface area contributed by atoms with Crippen molar-refractivity contribution in [1.82, 2.24) is 5.32 Å². The molecule has 112 valence electrons. The third-order valence-electron chi connectivity index (χ3n) is 3.40. The summed E-state index contributed by atoms with van der Waals surface area (Å²) in [5.41, 5.74) is 1.94. The fourth-order valence-corrected chi connectivity index (χ4v) is 2.30. The van der Waals surface area contributed by atoms with Gasteiger partial charge in [0, 0.05) is 17.7 Å². The Kier molecular flexibility index (Phi) is 4.91. The highest BCUT2D eigenvalue weighted by molar-refractivity contribution is 5.38. The first-order valence-electron chi connectivity index (χ1n) is 6.89. The lowest BCUT2D eigenvalue weighted by Gasteiger charge is -2.21. The lowest BCUT2D eigenvalue weighted by atomic mass is 9.96. The lowest BCUT2D eigenvalue weighted by Crippen LogP contribution is -2.24. The Balaban J connectivity index is 2.50. The van der Waals surface area contributed by atoms with Gasteiger partial charge in [-0.3, -0.25) is 0 Å². The quantitative estimate of drug-likeness (QED) is 0.899. The van der Waals surface area contributed by atoms with E-state index in [0.717, 1.165) is 11.1 Å². The average molecular weight is 291 g/mol. The highest BCUT2D eigenvalue weighted by Crippen LogP contribution is 2.30. The molecule has 2 aromatic carbocycles. The van der Waals surface area contributed by atoms with Gasteiger partial charge in [-0.1, -0.05) is 36.8 Å². The number of aryl methyl sites for hydroxylation is 1. The molecule has 1 atom stereocenters. The van der Waals surface area contributed by atoms with Crippen LogP contribution in [0, 0.1) is 18.6 Å². The summed E-state index contributed by atoms with van der Waals surface area (Å²) in [5.74, 6) is -1.05. The van der Waals surface area contributed by atoms with Gasteiger partial charge in [-0.2, -0.15) is 0 Å². The second-order valence-corrected chi connectivity index (χ2v) is 4.91. The number of hydrogen-bond acceptors (Lipinski definition) is 2. The molecule has 21 heavy (non-hydrogen) atoms. The van der Waals surface area contributed by atoms with Crippen LogP contribution in [0.25, 0.3) is 0 Å². The highest BCUT2D eigenvalue weighted by atomic mass is 19.1. The predicted molar refractivity (Wildman–Crippen MR) is 79.6 cm³/mol. The molecule has 0 aliphatic carbocycles. The molecule has 0 bridgehead atoms. The van der Waals surface area contributed by atoms with E-state index in [1.165, 1.54) is 19.2 Å². The van der Waals surface area contributed by atoms with Crippen molar-refractivity contribution >= 4 is 0 Å².